The molecule has 7 nitrogen and oxygen atoms in total. The Labute approximate surface area is 139 Å². The number of hydrogen-bond donors (Lipinski definition) is 1. The molecule has 0 aliphatic heterocycles. The van der Waals surface area contributed by atoms with Gasteiger partial charge in [-0.1, -0.05) is 17.3 Å². The normalized spacial score (nSPS) is 10.4. The van der Waals surface area contributed by atoms with Crippen LogP contribution in [0.3, 0.4) is 0 Å². The van der Waals surface area contributed by atoms with E-state index in [0.717, 1.165) is 11.4 Å². The summed E-state index contributed by atoms with van der Waals surface area (Å²) in [6.45, 7) is 2.14. The predicted octanol–water partition coefficient (Wildman–Crippen LogP) is 1.91. The number of carbonyl (C=O) groups is 1. The molecular weight excluding hydrogens is 306 g/mol. The first-order valence-electron chi connectivity index (χ1n) is 7.44. The smallest absolute Gasteiger partial charge is 0.274 e. The first-order chi connectivity index (χ1) is 11.7. The summed E-state index contributed by atoms with van der Waals surface area (Å²) in [5.74, 6) is 0.427. The van der Waals surface area contributed by atoms with E-state index in [1.54, 1.807) is 24.9 Å². The molecule has 3 aromatic rings. The maximum Gasteiger partial charge on any atom is 0.274 e. The third-order valence-electron chi connectivity index (χ3n) is 3.56. The van der Waals surface area contributed by atoms with Crippen LogP contribution in [0.1, 0.15) is 21.9 Å². The second kappa shape index (κ2) is 6.91. The van der Waals surface area contributed by atoms with Gasteiger partial charge in [-0.2, -0.15) is 0 Å². The van der Waals surface area contributed by atoms with Crippen LogP contribution in [-0.4, -0.2) is 33.0 Å². The Balaban J connectivity index is 1.77. The highest BCUT2D eigenvalue weighted by Crippen LogP contribution is 2.18. The molecule has 3 rings (SSSR count). The quantitative estimate of drug-likeness (QED) is 0.775. The predicted molar refractivity (Wildman–Crippen MR) is 88.1 cm³/mol. The van der Waals surface area contributed by atoms with E-state index in [9.17, 15) is 4.79 Å². The van der Waals surface area contributed by atoms with Crippen molar-refractivity contribution in [3.05, 3.63) is 65.7 Å². The molecule has 0 aliphatic rings. The number of benzene rings is 1. The lowest BCUT2D eigenvalue weighted by molar-refractivity contribution is 0.0944. The largest absolute Gasteiger partial charge is 0.497 e. The summed E-state index contributed by atoms with van der Waals surface area (Å²) in [6.07, 6.45) is 1.69. The van der Waals surface area contributed by atoms with Gasteiger partial charge in [0, 0.05) is 12.3 Å². The van der Waals surface area contributed by atoms with Crippen LogP contribution in [0.4, 0.5) is 0 Å². The average Bonchev–Trinajstić information content (AvgIpc) is 3.02. The molecule has 0 aliphatic carbocycles. The number of hydrogen-bond acceptors (Lipinski definition) is 5. The maximum absolute atomic E-state index is 12.3. The number of rotatable bonds is 5. The fourth-order valence-corrected chi connectivity index (χ4v) is 2.28. The van der Waals surface area contributed by atoms with Gasteiger partial charge in [-0.05, 0) is 31.2 Å². The van der Waals surface area contributed by atoms with Crippen molar-refractivity contribution in [3.63, 3.8) is 0 Å². The Morgan fingerprint density at radius 2 is 2.12 bits per heavy atom. The molecule has 122 valence electrons. The lowest BCUT2D eigenvalue weighted by Gasteiger charge is -2.06. The summed E-state index contributed by atoms with van der Waals surface area (Å²) in [5, 5.41) is 10.9. The van der Waals surface area contributed by atoms with Crippen molar-refractivity contribution in [2.75, 3.05) is 7.11 Å². The molecule has 0 spiro atoms. The SMILES string of the molecule is COc1cccc(-n2nnc(C(=O)NCc3ccccn3)c2C)c1. The summed E-state index contributed by atoms with van der Waals surface area (Å²) in [5.41, 5.74) is 2.50. The van der Waals surface area contributed by atoms with E-state index in [-0.39, 0.29) is 11.6 Å². The lowest BCUT2D eigenvalue weighted by atomic mass is 10.2. The van der Waals surface area contributed by atoms with Crippen molar-refractivity contribution in [1.82, 2.24) is 25.3 Å². The standard InChI is InChI=1S/C17H17N5O2/c1-12-16(17(23)19-11-13-6-3-4-9-18-13)20-21-22(12)14-7-5-8-15(10-14)24-2/h3-10H,11H2,1-2H3,(H,19,23). The summed E-state index contributed by atoms with van der Waals surface area (Å²) in [7, 11) is 1.60. The van der Waals surface area contributed by atoms with Gasteiger partial charge in [0.1, 0.15) is 5.75 Å². The van der Waals surface area contributed by atoms with E-state index < -0.39 is 0 Å². The molecule has 0 fully saturated rings. The number of amides is 1. The van der Waals surface area contributed by atoms with Crippen LogP contribution in [0.2, 0.25) is 0 Å². The minimum absolute atomic E-state index is 0.285. The van der Waals surface area contributed by atoms with Crippen LogP contribution in [0, 0.1) is 6.92 Å². The van der Waals surface area contributed by atoms with Crippen molar-refractivity contribution >= 4 is 5.91 Å². The minimum Gasteiger partial charge on any atom is -0.497 e. The Morgan fingerprint density at radius 1 is 1.25 bits per heavy atom. The van der Waals surface area contributed by atoms with E-state index in [0.29, 0.717) is 18.0 Å². The van der Waals surface area contributed by atoms with Crippen LogP contribution in [0.15, 0.2) is 48.7 Å². The lowest BCUT2D eigenvalue weighted by Crippen LogP contribution is -2.24. The van der Waals surface area contributed by atoms with Gasteiger partial charge >= 0.3 is 0 Å². The molecule has 1 N–H and O–H groups in total. The molecule has 0 saturated heterocycles. The van der Waals surface area contributed by atoms with Crippen molar-refractivity contribution in [1.29, 1.82) is 0 Å². The number of pyridine rings is 1. The van der Waals surface area contributed by atoms with Crippen LogP contribution in [0.5, 0.6) is 5.75 Å². The molecule has 0 unspecified atom stereocenters. The maximum atomic E-state index is 12.3. The number of nitrogens with one attached hydrogen (secondary N) is 1. The van der Waals surface area contributed by atoms with Crippen molar-refractivity contribution in [2.45, 2.75) is 13.5 Å². The number of carbonyl (C=O) groups excluding carboxylic acids is 1. The molecule has 0 atom stereocenters. The highest BCUT2D eigenvalue weighted by molar-refractivity contribution is 5.93. The monoisotopic (exact) mass is 323 g/mol. The summed E-state index contributed by atoms with van der Waals surface area (Å²) in [4.78, 5) is 16.5. The molecule has 0 bridgehead atoms. The zero-order chi connectivity index (χ0) is 16.9. The fraction of sp³-hybridized carbons (Fsp3) is 0.176. The average molecular weight is 323 g/mol. The van der Waals surface area contributed by atoms with E-state index >= 15 is 0 Å². The Morgan fingerprint density at radius 3 is 2.88 bits per heavy atom. The Hall–Kier alpha value is -3.22. The molecule has 2 heterocycles. The summed E-state index contributed by atoms with van der Waals surface area (Å²) < 4.78 is 6.82. The number of aromatic nitrogens is 4. The molecule has 7 heteroatoms. The molecular formula is C17H17N5O2. The Bertz CT molecular complexity index is 845. The van der Waals surface area contributed by atoms with E-state index in [1.807, 2.05) is 42.5 Å². The molecule has 24 heavy (non-hydrogen) atoms. The van der Waals surface area contributed by atoms with Crippen LogP contribution >= 0.6 is 0 Å². The minimum atomic E-state index is -0.285. The van der Waals surface area contributed by atoms with E-state index in [2.05, 4.69) is 20.6 Å². The first kappa shape index (κ1) is 15.7. The number of ether oxygens (including phenoxy) is 1. The van der Waals surface area contributed by atoms with Gasteiger partial charge < -0.3 is 10.1 Å². The van der Waals surface area contributed by atoms with Gasteiger partial charge in [0.2, 0.25) is 0 Å². The van der Waals surface area contributed by atoms with E-state index in [4.69, 9.17) is 4.74 Å². The molecule has 1 aromatic carbocycles. The van der Waals surface area contributed by atoms with Gasteiger partial charge in [-0.15, -0.1) is 5.10 Å². The third-order valence-corrected chi connectivity index (χ3v) is 3.56. The molecule has 0 saturated carbocycles. The van der Waals surface area contributed by atoms with Gasteiger partial charge in [0.05, 0.1) is 30.7 Å². The number of methoxy groups -OCH3 is 1. The van der Waals surface area contributed by atoms with Crippen molar-refractivity contribution in [3.8, 4) is 11.4 Å². The second-order valence-corrected chi connectivity index (χ2v) is 5.14. The van der Waals surface area contributed by atoms with Crippen LogP contribution in [0.25, 0.3) is 5.69 Å². The van der Waals surface area contributed by atoms with Crippen LogP contribution < -0.4 is 10.1 Å². The first-order valence-corrected chi connectivity index (χ1v) is 7.44. The second-order valence-electron chi connectivity index (χ2n) is 5.14. The zero-order valence-corrected chi connectivity index (χ0v) is 13.4. The highest BCUT2D eigenvalue weighted by atomic mass is 16.5. The van der Waals surface area contributed by atoms with Crippen molar-refractivity contribution < 1.29 is 9.53 Å². The summed E-state index contributed by atoms with van der Waals surface area (Å²) >= 11 is 0. The Kier molecular flexibility index (Phi) is 4.51. The van der Waals surface area contributed by atoms with Crippen molar-refractivity contribution in [2.24, 2.45) is 0 Å². The van der Waals surface area contributed by atoms with Gasteiger partial charge in [0.25, 0.3) is 5.91 Å². The fourth-order valence-electron chi connectivity index (χ4n) is 2.28. The van der Waals surface area contributed by atoms with E-state index in [1.165, 1.54) is 0 Å². The van der Waals surface area contributed by atoms with Gasteiger partial charge in [0.15, 0.2) is 5.69 Å². The zero-order valence-electron chi connectivity index (χ0n) is 13.4. The molecule has 0 radical (unpaired) electrons. The molecule has 1 amide bonds. The number of nitrogens with zero attached hydrogens (tertiary/aromatic N) is 4. The van der Waals surface area contributed by atoms with Gasteiger partial charge in [-0.25, -0.2) is 4.68 Å². The topological polar surface area (TPSA) is 81.9 Å². The third kappa shape index (κ3) is 3.24. The molecule has 2 aromatic heterocycles. The highest BCUT2D eigenvalue weighted by Gasteiger charge is 2.17. The summed E-state index contributed by atoms with van der Waals surface area (Å²) in [6, 6.07) is 13.0. The van der Waals surface area contributed by atoms with Gasteiger partial charge in [-0.3, -0.25) is 9.78 Å². The van der Waals surface area contributed by atoms with Crippen LogP contribution in [-0.2, 0) is 6.54 Å².